The summed E-state index contributed by atoms with van der Waals surface area (Å²) in [5.74, 6) is 0.931. The predicted molar refractivity (Wildman–Crippen MR) is 93.1 cm³/mol. The second kappa shape index (κ2) is 6.41. The van der Waals surface area contributed by atoms with E-state index in [1.165, 1.54) is 5.57 Å². The van der Waals surface area contributed by atoms with Gasteiger partial charge in [-0.15, -0.1) is 0 Å². The lowest BCUT2D eigenvalue weighted by molar-refractivity contribution is 0.0848. The number of carbonyl (C=O) groups excluding carboxylic acids is 1. The number of fused-ring (bicyclic) bond motifs is 1. The highest BCUT2D eigenvalue weighted by Crippen LogP contribution is 2.38. The fourth-order valence-corrected chi connectivity index (χ4v) is 2.98. The van der Waals surface area contributed by atoms with Gasteiger partial charge < -0.3 is 4.74 Å². The predicted octanol–water partition coefficient (Wildman–Crippen LogP) is 5.21. The molecule has 1 aliphatic rings. The Morgan fingerprint density at radius 3 is 2.65 bits per heavy atom. The Kier molecular flexibility index (Phi) is 4.33. The molecule has 0 aromatic heterocycles. The zero-order valence-electron chi connectivity index (χ0n) is 13.9. The molecule has 0 amide bonds. The van der Waals surface area contributed by atoms with Crippen molar-refractivity contribution in [2.75, 3.05) is 0 Å². The molecule has 1 heterocycles. The van der Waals surface area contributed by atoms with Crippen molar-refractivity contribution in [3.63, 3.8) is 0 Å². The van der Waals surface area contributed by atoms with Crippen molar-refractivity contribution in [3.8, 4) is 5.75 Å². The van der Waals surface area contributed by atoms with Gasteiger partial charge in [0.1, 0.15) is 11.9 Å². The number of ether oxygens (including phenoxy) is 1. The lowest BCUT2D eigenvalue weighted by Gasteiger charge is -2.27. The largest absolute Gasteiger partial charge is 0.484 e. The van der Waals surface area contributed by atoms with Crippen molar-refractivity contribution in [2.24, 2.45) is 0 Å². The number of hydrogen-bond donors (Lipinski definition) is 0. The van der Waals surface area contributed by atoms with Crippen LogP contribution in [0.25, 0.3) is 0 Å². The van der Waals surface area contributed by atoms with Gasteiger partial charge in [0.25, 0.3) is 0 Å². The van der Waals surface area contributed by atoms with Crippen molar-refractivity contribution in [1.82, 2.24) is 0 Å². The van der Waals surface area contributed by atoms with Crippen LogP contribution in [-0.2, 0) is 6.42 Å². The summed E-state index contributed by atoms with van der Waals surface area (Å²) in [7, 11) is 0. The van der Waals surface area contributed by atoms with Crippen molar-refractivity contribution in [2.45, 2.75) is 39.7 Å². The number of aryl methyl sites for hydroxylation is 1. The summed E-state index contributed by atoms with van der Waals surface area (Å²) in [6.45, 7) is 6.20. The summed E-state index contributed by atoms with van der Waals surface area (Å²) in [5.41, 5.74) is 5.25. The fraction of sp³-hybridized carbons (Fsp3) is 0.286. The Bertz CT molecular complexity index is 753. The Hall–Kier alpha value is -2.35. The molecular formula is C21H22O2. The Morgan fingerprint density at radius 1 is 1.22 bits per heavy atom. The molecule has 0 radical (unpaired) electrons. The average molecular weight is 306 g/mol. The number of benzene rings is 2. The van der Waals surface area contributed by atoms with E-state index in [2.05, 4.69) is 26.0 Å². The van der Waals surface area contributed by atoms with Crippen molar-refractivity contribution < 1.29 is 9.53 Å². The fourth-order valence-electron chi connectivity index (χ4n) is 2.98. The molecule has 1 aliphatic heterocycles. The van der Waals surface area contributed by atoms with Crippen LogP contribution in [0.5, 0.6) is 5.75 Å². The molecule has 0 N–H and O–H groups in total. The van der Waals surface area contributed by atoms with Crippen LogP contribution in [-0.4, -0.2) is 5.78 Å². The standard InChI is InChI=1S/C21H22O2/c1-14(2)9-10-17-11-15(3)12-18-19(22)13-20(23-21(17)18)16-7-5-4-6-8-16/h4-9,11-12,20H,10,13H2,1-3H3. The van der Waals surface area contributed by atoms with Crippen molar-refractivity contribution in [3.05, 3.63) is 76.4 Å². The van der Waals surface area contributed by atoms with E-state index in [0.717, 1.165) is 34.4 Å². The number of Topliss-reactive ketones (excluding diaryl/α,β-unsaturated/α-hetero) is 1. The van der Waals surface area contributed by atoms with Crippen LogP contribution in [0.2, 0.25) is 0 Å². The summed E-state index contributed by atoms with van der Waals surface area (Å²) in [6.07, 6.45) is 3.18. The monoisotopic (exact) mass is 306 g/mol. The first kappa shape index (κ1) is 15.5. The number of allylic oxidation sites excluding steroid dienone is 2. The molecule has 0 bridgehead atoms. The summed E-state index contributed by atoms with van der Waals surface area (Å²) < 4.78 is 6.26. The van der Waals surface area contributed by atoms with Crippen molar-refractivity contribution >= 4 is 5.78 Å². The topological polar surface area (TPSA) is 26.3 Å². The summed E-state index contributed by atoms with van der Waals surface area (Å²) in [5, 5.41) is 0. The third kappa shape index (κ3) is 3.37. The normalized spacial score (nSPS) is 16.5. The highest BCUT2D eigenvalue weighted by atomic mass is 16.5. The minimum Gasteiger partial charge on any atom is -0.484 e. The number of carbonyl (C=O) groups is 1. The van der Waals surface area contributed by atoms with Crippen LogP contribution >= 0.6 is 0 Å². The molecular weight excluding hydrogens is 284 g/mol. The van der Waals surface area contributed by atoms with E-state index in [4.69, 9.17) is 4.74 Å². The minimum atomic E-state index is -0.190. The van der Waals surface area contributed by atoms with Gasteiger partial charge in [-0.25, -0.2) is 0 Å². The van der Waals surface area contributed by atoms with E-state index < -0.39 is 0 Å². The lowest BCUT2D eigenvalue weighted by Crippen LogP contribution is -2.21. The smallest absolute Gasteiger partial charge is 0.170 e. The second-order valence-corrected chi connectivity index (χ2v) is 6.43. The molecule has 2 aromatic rings. The van der Waals surface area contributed by atoms with E-state index in [1.807, 2.05) is 43.3 Å². The summed E-state index contributed by atoms with van der Waals surface area (Å²) in [4.78, 5) is 12.6. The van der Waals surface area contributed by atoms with Crippen LogP contribution in [0.15, 0.2) is 54.1 Å². The Balaban J connectivity index is 2.01. The highest BCUT2D eigenvalue weighted by molar-refractivity contribution is 6.00. The van der Waals surface area contributed by atoms with Crippen LogP contribution in [0, 0.1) is 6.92 Å². The Labute approximate surface area is 137 Å². The quantitative estimate of drug-likeness (QED) is 0.728. The third-order valence-corrected chi connectivity index (χ3v) is 4.14. The molecule has 1 unspecified atom stereocenters. The van der Waals surface area contributed by atoms with E-state index in [0.29, 0.717) is 6.42 Å². The van der Waals surface area contributed by atoms with Gasteiger partial charge >= 0.3 is 0 Å². The molecule has 0 saturated heterocycles. The Morgan fingerprint density at radius 2 is 1.96 bits per heavy atom. The summed E-state index contributed by atoms with van der Waals surface area (Å²) >= 11 is 0. The maximum absolute atomic E-state index is 12.6. The number of hydrogen-bond acceptors (Lipinski definition) is 2. The lowest BCUT2D eigenvalue weighted by atomic mass is 9.92. The highest BCUT2D eigenvalue weighted by Gasteiger charge is 2.29. The summed E-state index contributed by atoms with van der Waals surface area (Å²) in [6, 6.07) is 14.1. The number of ketones is 1. The molecule has 0 aliphatic carbocycles. The van der Waals surface area contributed by atoms with Gasteiger partial charge in [0.05, 0.1) is 12.0 Å². The van der Waals surface area contributed by atoms with Crippen LogP contribution < -0.4 is 4.74 Å². The van der Waals surface area contributed by atoms with E-state index in [1.54, 1.807) is 0 Å². The van der Waals surface area contributed by atoms with Gasteiger partial charge in [0, 0.05) is 0 Å². The van der Waals surface area contributed by atoms with Crippen LogP contribution in [0.1, 0.15) is 53.4 Å². The van der Waals surface area contributed by atoms with Gasteiger partial charge in [-0.1, -0.05) is 48.0 Å². The van der Waals surface area contributed by atoms with Crippen LogP contribution in [0.3, 0.4) is 0 Å². The first-order valence-corrected chi connectivity index (χ1v) is 8.06. The molecule has 0 fully saturated rings. The molecule has 2 heteroatoms. The van der Waals surface area contributed by atoms with Gasteiger partial charge in [0.2, 0.25) is 0 Å². The number of rotatable bonds is 3. The average Bonchev–Trinajstić information content (AvgIpc) is 2.54. The second-order valence-electron chi connectivity index (χ2n) is 6.43. The molecule has 1 atom stereocenters. The molecule has 3 rings (SSSR count). The molecule has 23 heavy (non-hydrogen) atoms. The third-order valence-electron chi connectivity index (χ3n) is 4.14. The zero-order chi connectivity index (χ0) is 16.4. The molecule has 118 valence electrons. The van der Waals surface area contributed by atoms with Crippen LogP contribution in [0.4, 0.5) is 0 Å². The first-order chi connectivity index (χ1) is 11.0. The minimum absolute atomic E-state index is 0.169. The SMILES string of the molecule is CC(C)=CCc1cc(C)cc2c1OC(c1ccccc1)CC2=O. The molecule has 0 saturated carbocycles. The van der Waals surface area contributed by atoms with E-state index >= 15 is 0 Å². The first-order valence-electron chi connectivity index (χ1n) is 8.06. The van der Waals surface area contributed by atoms with Gasteiger partial charge in [-0.05, 0) is 49.9 Å². The molecule has 2 nitrogen and oxygen atoms in total. The maximum atomic E-state index is 12.6. The van der Waals surface area contributed by atoms with Gasteiger partial charge in [-0.2, -0.15) is 0 Å². The van der Waals surface area contributed by atoms with Gasteiger partial charge in [-0.3, -0.25) is 4.79 Å². The van der Waals surface area contributed by atoms with E-state index in [9.17, 15) is 4.79 Å². The van der Waals surface area contributed by atoms with Gasteiger partial charge in [0.15, 0.2) is 5.78 Å². The molecule has 0 spiro atoms. The van der Waals surface area contributed by atoms with E-state index in [-0.39, 0.29) is 11.9 Å². The van der Waals surface area contributed by atoms with Crippen molar-refractivity contribution in [1.29, 1.82) is 0 Å². The zero-order valence-corrected chi connectivity index (χ0v) is 13.9. The molecule has 2 aromatic carbocycles. The maximum Gasteiger partial charge on any atom is 0.170 e.